The zero-order valence-corrected chi connectivity index (χ0v) is 11.2. The molecule has 0 aliphatic heterocycles. The second-order valence-electron chi connectivity index (χ2n) is 4.15. The summed E-state index contributed by atoms with van der Waals surface area (Å²) >= 11 is 1.82. The first kappa shape index (κ1) is 12.7. The van der Waals surface area contributed by atoms with Crippen molar-refractivity contribution in [2.75, 3.05) is 0 Å². The summed E-state index contributed by atoms with van der Waals surface area (Å²) in [5, 5.41) is 0. The monoisotopic (exact) mass is 253 g/mol. The van der Waals surface area contributed by atoms with Crippen molar-refractivity contribution in [3.05, 3.63) is 77.1 Å². The van der Waals surface area contributed by atoms with E-state index in [1.54, 1.807) is 0 Å². The van der Waals surface area contributed by atoms with Gasteiger partial charge >= 0.3 is 0 Å². The van der Waals surface area contributed by atoms with Gasteiger partial charge < -0.3 is 4.85 Å². The van der Waals surface area contributed by atoms with Crippen molar-refractivity contribution in [1.82, 2.24) is 0 Å². The van der Waals surface area contributed by atoms with E-state index < -0.39 is 0 Å². The molecule has 0 spiro atoms. The summed E-state index contributed by atoms with van der Waals surface area (Å²) in [4.78, 5) is 4.77. The molecule has 0 N–H and O–H groups in total. The lowest BCUT2D eigenvalue weighted by molar-refractivity contribution is 0.958. The van der Waals surface area contributed by atoms with Gasteiger partial charge in [0.05, 0.1) is 0 Å². The maximum absolute atomic E-state index is 7.01. The first-order chi connectivity index (χ1) is 8.79. The van der Waals surface area contributed by atoms with Gasteiger partial charge in [-0.1, -0.05) is 42.5 Å². The minimum atomic E-state index is -0.0434. The average Bonchev–Trinajstić information content (AvgIpc) is 2.46. The van der Waals surface area contributed by atoms with Gasteiger partial charge in [-0.3, -0.25) is 0 Å². The summed E-state index contributed by atoms with van der Waals surface area (Å²) in [6, 6.07) is 18.7. The molecule has 2 heteroatoms. The first-order valence-electron chi connectivity index (χ1n) is 5.93. The molecule has 18 heavy (non-hydrogen) atoms. The zero-order valence-electron chi connectivity index (χ0n) is 10.3. The van der Waals surface area contributed by atoms with Crippen LogP contribution in [0.15, 0.2) is 59.5 Å². The Bertz CT molecular complexity index is 525. The second-order valence-corrected chi connectivity index (χ2v) is 5.20. The number of rotatable bonds is 4. The molecule has 0 fully saturated rings. The van der Waals surface area contributed by atoms with Gasteiger partial charge in [0.1, 0.15) is 0 Å². The molecule has 0 saturated carbocycles. The minimum Gasteiger partial charge on any atom is -0.309 e. The van der Waals surface area contributed by atoms with Crippen molar-refractivity contribution in [2.45, 2.75) is 23.6 Å². The molecule has 2 aromatic carbocycles. The second kappa shape index (κ2) is 6.28. The Morgan fingerprint density at radius 3 is 2.33 bits per heavy atom. The highest BCUT2D eigenvalue weighted by atomic mass is 32.2. The summed E-state index contributed by atoms with van der Waals surface area (Å²) in [6.07, 6.45) is 0. The van der Waals surface area contributed by atoms with Crippen LogP contribution in [-0.4, -0.2) is 0 Å². The third kappa shape index (κ3) is 3.38. The Balaban J connectivity index is 1.97. The van der Waals surface area contributed by atoms with E-state index in [2.05, 4.69) is 53.4 Å². The molecule has 1 unspecified atom stereocenters. The third-order valence-corrected chi connectivity index (χ3v) is 3.89. The Labute approximate surface area is 113 Å². The van der Waals surface area contributed by atoms with Gasteiger partial charge in [0.15, 0.2) is 0 Å². The fourth-order valence-corrected chi connectivity index (χ4v) is 2.51. The van der Waals surface area contributed by atoms with Crippen LogP contribution in [0.25, 0.3) is 4.85 Å². The summed E-state index contributed by atoms with van der Waals surface area (Å²) in [7, 11) is 0. The standard InChI is InChI=1S/C16H15NS/c1-13(17-2)15-8-10-16(11-9-15)18-12-14-6-4-3-5-7-14/h3-11,13H,12H2,1H3. The van der Waals surface area contributed by atoms with Crippen LogP contribution >= 0.6 is 11.8 Å². The van der Waals surface area contributed by atoms with Crippen LogP contribution in [0.1, 0.15) is 24.1 Å². The lowest BCUT2D eigenvalue weighted by Gasteiger charge is -2.04. The smallest absolute Gasteiger partial charge is 0.245 e. The highest BCUT2D eigenvalue weighted by Gasteiger charge is 2.07. The van der Waals surface area contributed by atoms with Crippen molar-refractivity contribution in [2.24, 2.45) is 0 Å². The largest absolute Gasteiger partial charge is 0.309 e. The molecule has 2 aromatic rings. The lowest BCUT2D eigenvalue weighted by atomic mass is 10.1. The molecule has 0 saturated heterocycles. The average molecular weight is 253 g/mol. The molecule has 0 bridgehead atoms. The van der Waals surface area contributed by atoms with Crippen LogP contribution in [0.4, 0.5) is 0 Å². The zero-order chi connectivity index (χ0) is 12.8. The highest BCUT2D eigenvalue weighted by Crippen LogP contribution is 2.25. The molecule has 2 rings (SSSR count). The molecular weight excluding hydrogens is 238 g/mol. The number of hydrogen-bond donors (Lipinski definition) is 0. The van der Waals surface area contributed by atoms with E-state index in [1.165, 1.54) is 10.5 Å². The number of nitrogens with zero attached hydrogens (tertiary/aromatic N) is 1. The minimum absolute atomic E-state index is 0.0434. The van der Waals surface area contributed by atoms with Gasteiger partial charge in [-0.25, -0.2) is 6.57 Å². The summed E-state index contributed by atoms with van der Waals surface area (Å²) in [6.45, 7) is 8.94. The van der Waals surface area contributed by atoms with Crippen molar-refractivity contribution in [3.63, 3.8) is 0 Å². The van der Waals surface area contributed by atoms with Gasteiger partial charge in [-0.15, -0.1) is 11.8 Å². The predicted molar refractivity (Wildman–Crippen MR) is 77.5 cm³/mol. The first-order valence-corrected chi connectivity index (χ1v) is 6.91. The van der Waals surface area contributed by atoms with E-state index >= 15 is 0 Å². The lowest BCUT2D eigenvalue weighted by Crippen LogP contribution is -1.86. The Morgan fingerprint density at radius 1 is 1.06 bits per heavy atom. The molecule has 0 heterocycles. The van der Waals surface area contributed by atoms with Crippen molar-refractivity contribution in [1.29, 1.82) is 0 Å². The molecular formula is C16H15NS. The Morgan fingerprint density at radius 2 is 1.72 bits per heavy atom. The van der Waals surface area contributed by atoms with E-state index in [9.17, 15) is 0 Å². The molecule has 0 aliphatic carbocycles. The van der Waals surface area contributed by atoms with Crippen LogP contribution in [0.3, 0.4) is 0 Å². The van der Waals surface area contributed by atoms with Crippen molar-refractivity contribution >= 4 is 11.8 Å². The quantitative estimate of drug-likeness (QED) is 0.550. The van der Waals surface area contributed by atoms with Crippen LogP contribution in [-0.2, 0) is 5.75 Å². The molecule has 0 amide bonds. The predicted octanol–water partition coefficient (Wildman–Crippen LogP) is 4.96. The third-order valence-electron chi connectivity index (χ3n) is 2.80. The maximum atomic E-state index is 7.01. The van der Waals surface area contributed by atoms with E-state index in [0.29, 0.717) is 0 Å². The number of thioether (sulfide) groups is 1. The van der Waals surface area contributed by atoms with E-state index in [1.807, 2.05) is 24.8 Å². The SMILES string of the molecule is [C-]#[N+]C(C)c1ccc(SCc2ccccc2)cc1. The van der Waals surface area contributed by atoms with Crippen molar-refractivity contribution in [3.8, 4) is 0 Å². The molecule has 1 nitrogen and oxygen atoms in total. The fraction of sp³-hybridized carbons (Fsp3) is 0.188. The van der Waals surface area contributed by atoms with E-state index in [4.69, 9.17) is 6.57 Å². The maximum Gasteiger partial charge on any atom is 0.245 e. The molecule has 0 radical (unpaired) electrons. The van der Waals surface area contributed by atoms with Gasteiger partial charge in [-0.05, 0) is 17.7 Å². The number of hydrogen-bond acceptors (Lipinski definition) is 1. The topological polar surface area (TPSA) is 4.36 Å². The molecule has 0 aliphatic rings. The summed E-state index contributed by atoms with van der Waals surface area (Å²) in [5.41, 5.74) is 2.43. The summed E-state index contributed by atoms with van der Waals surface area (Å²) in [5.74, 6) is 0.985. The Kier molecular flexibility index (Phi) is 4.44. The van der Waals surface area contributed by atoms with Gasteiger partial charge in [-0.2, -0.15) is 0 Å². The molecule has 1 atom stereocenters. The van der Waals surface area contributed by atoms with Crippen LogP contribution in [0.2, 0.25) is 0 Å². The molecule has 0 aromatic heterocycles. The van der Waals surface area contributed by atoms with E-state index in [0.717, 1.165) is 11.3 Å². The van der Waals surface area contributed by atoms with Crippen molar-refractivity contribution < 1.29 is 0 Å². The van der Waals surface area contributed by atoms with Crippen LogP contribution < -0.4 is 0 Å². The highest BCUT2D eigenvalue weighted by molar-refractivity contribution is 7.98. The van der Waals surface area contributed by atoms with Crippen LogP contribution in [0.5, 0.6) is 0 Å². The van der Waals surface area contributed by atoms with Crippen LogP contribution in [0, 0.1) is 6.57 Å². The normalized spacial score (nSPS) is 11.8. The van der Waals surface area contributed by atoms with Gasteiger partial charge in [0, 0.05) is 23.1 Å². The van der Waals surface area contributed by atoms with E-state index in [-0.39, 0.29) is 6.04 Å². The van der Waals surface area contributed by atoms with Gasteiger partial charge in [0.2, 0.25) is 6.04 Å². The fourth-order valence-electron chi connectivity index (χ4n) is 1.66. The van der Waals surface area contributed by atoms with Gasteiger partial charge in [0.25, 0.3) is 0 Å². The molecule has 90 valence electrons. The summed E-state index contributed by atoms with van der Waals surface area (Å²) < 4.78 is 0. The number of benzene rings is 2. The Hall–Kier alpha value is -1.72.